The Hall–Kier alpha value is -2.63. The molecule has 2 N–H and O–H groups in total. The van der Waals surface area contributed by atoms with Gasteiger partial charge in [0.2, 0.25) is 5.91 Å². The molecule has 2 aliphatic heterocycles. The van der Waals surface area contributed by atoms with Crippen LogP contribution in [0.1, 0.15) is 78.1 Å². The molecule has 0 spiro atoms. The Morgan fingerprint density at radius 1 is 0.936 bits per heavy atom. The Morgan fingerprint density at radius 3 is 2.06 bits per heavy atom. The van der Waals surface area contributed by atoms with Crippen molar-refractivity contribution in [1.82, 2.24) is 18.7 Å². The van der Waals surface area contributed by atoms with Crippen LogP contribution in [0.2, 0.25) is 0 Å². The van der Waals surface area contributed by atoms with Gasteiger partial charge in [0.15, 0.2) is 0 Å². The third-order valence-electron chi connectivity index (χ3n) is 12.3. The summed E-state index contributed by atoms with van der Waals surface area (Å²) in [6.07, 6.45) is 12.3. The number of fused-ring (bicyclic) bond motifs is 1. The van der Waals surface area contributed by atoms with Crippen molar-refractivity contribution in [2.24, 2.45) is 35.0 Å². The van der Waals surface area contributed by atoms with E-state index >= 15 is 0 Å². The molecule has 6 fully saturated rings. The van der Waals surface area contributed by atoms with Gasteiger partial charge in [-0.1, -0.05) is 6.07 Å². The minimum Gasteiger partial charge on any atom is -0.490 e. The van der Waals surface area contributed by atoms with E-state index in [1.165, 1.54) is 29.4 Å². The maximum absolute atomic E-state index is 13.9. The summed E-state index contributed by atoms with van der Waals surface area (Å²) in [6.45, 7) is 7.32. The number of amides is 3. The fourth-order valence-corrected chi connectivity index (χ4v) is 10.9. The summed E-state index contributed by atoms with van der Waals surface area (Å²) in [4.78, 5) is 33.4. The zero-order chi connectivity index (χ0) is 32.9. The van der Waals surface area contributed by atoms with Crippen molar-refractivity contribution in [3.05, 3.63) is 30.5 Å². The summed E-state index contributed by atoms with van der Waals surface area (Å²) in [5.74, 6) is 4.57. The molecule has 1 aromatic heterocycles. The normalized spacial score (nSPS) is 29.4. The summed E-state index contributed by atoms with van der Waals surface area (Å²) in [6, 6.07) is 6.83. The molecule has 6 aliphatic rings. The van der Waals surface area contributed by atoms with Gasteiger partial charge in [0.05, 0.1) is 17.5 Å². The minimum atomic E-state index is -2.18. The second kappa shape index (κ2) is 13.3. The quantitative estimate of drug-likeness (QED) is 0.348. The molecule has 10 nitrogen and oxygen atoms in total. The van der Waals surface area contributed by atoms with Crippen LogP contribution in [-0.2, 0) is 16.1 Å². The van der Waals surface area contributed by atoms with Crippen molar-refractivity contribution in [3.8, 4) is 5.75 Å². The van der Waals surface area contributed by atoms with E-state index in [1.54, 1.807) is 29.2 Å². The summed E-state index contributed by atoms with van der Waals surface area (Å²) < 4.78 is 28.3. The van der Waals surface area contributed by atoms with Gasteiger partial charge in [0, 0.05) is 43.8 Å². The number of rotatable bonds is 9. The molecule has 0 radical (unpaired) electrons. The smallest absolute Gasteiger partial charge is 0.320 e. The Bertz CT molecular complexity index is 1440. The van der Waals surface area contributed by atoms with Crippen LogP contribution in [-0.4, -0.2) is 96.0 Å². The molecular weight excluding hydrogens is 616 g/mol. The SMILES string of the molecule is CC(C)N(CC(O)COc1cccc2c1ccn2S(=O)O)C(=O)N1CCC(C2CCN(C(=O)C34CC5CC(CC(C5)C3)C4)CC2)CC1. The first-order valence-corrected chi connectivity index (χ1v) is 19.0. The zero-order valence-electron chi connectivity index (χ0n) is 28.0. The van der Waals surface area contributed by atoms with Gasteiger partial charge in [-0.2, -0.15) is 0 Å². The van der Waals surface area contributed by atoms with Gasteiger partial charge in [-0.05, 0) is 126 Å². The average molecular weight is 669 g/mol. The number of likely N-dealkylation sites (tertiary alicyclic amines) is 2. The number of aromatic nitrogens is 1. The van der Waals surface area contributed by atoms with E-state index in [2.05, 4.69) is 4.90 Å². The molecule has 258 valence electrons. The van der Waals surface area contributed by atoms with E-state index in [1.807, 2.05) is 18.7 Å². The Labute approximate surface area is 281 Å². The van der Waals surface area contributed by atoms with Crippen LogP contribution in [0, 0.1) is 35.0 Å². The lowest BCUT2D eigenvalue weighted by atomic mass is 9.49. The van der Waals surface area contributed by atoms with Crippen LogP contribution in [0.3, 0.4) is 0 Å². The topological polar surface area (TPSA) is 116 Å². The molecule has 2 aromatic rings. The number of hydrogen-bond acceptors (Lipinski definition) is 5. The zero-order valence-corrected chi connectivity index (χ0v) is 28.8. The first kappa shape index (κ1) is 32.9. The highest BCUT2D eigenvalue weighted by Crippen LogP contribution is 2.60. The molecule has 3 amide bonds. The molecular formula is C36H52N4O6S. The van der Waals surface area contributed by atoms with Gasteiger partial charge in [-0.25, -0.2) is 13.0 Å². The number of benzene rings is 1. The van der Waals surface area contributed by atoms with Gasteiger partial charge >= 0.3 is 6.03 Å². The van der Waals surface area contributed by atoms with Crippen LogP contribution in [0.25, 0.3) is 10.9 Å². The molecule has 2 atom stereocenters. The third-order valence-corrected chi connectivity index (χ3v) is 13.0. The maximum atomic E-state index is 13.9. The van der Waals surface area contributed by atoms with Gasteiger partial charge < -0.3 is 24.5 Å². The minimum absolute atomic E-state index is 0.00482. The highest BCUT2D eigenvalue weighted by molar-refractivity contribution is 7.77. The standard InChI is InChI=1S/C36H52N4O6S/c1-24(2)39(22-30(41)23-46-33-5-3-4-32-31(33)10-15-40(32)47(44)45)35(43)38-13-8-29(9-14-38)28-6-11-37(12-7-28)34(42)36-19-25-16-26(20-36)18-27(17-25)21-36/h3-5,10,15,24-30,41H,6-9,11-14,16-23H2,1-2H3,(H,44,45). The average Bonchev–Trinajstić information content (AvgIpc) is 3.50. The van der Waals surface area contributed by atoms with E-state index < -0.39 is 17.4 Å². The van der Waals surface area contributed by atoms with Gasteiger partial charge in [0.25, 0.3) is 11.3 Å². The lowest BCUT2D eigenvalue weighted by molar-refractivity contribution is -0.159. The van der Waals surface area contributed by atoms with Crippen molar-refractivity contribution >= 4 is 34.1 Å². The van der Waals surface area contributed by atoms with Crippen molar-refractivity contribution < 1.29 is 28.2 Å². The molecule has 4 aliphatic carbocycles. The number of urea groups is 1. The summed E-state index contributed by atoms with van der Waals surface area (Å²) in [7, 11) is 0. The van der Waals surface area contributed by atoms with Crippen molar-refractivity contribution in [3.63, 3.8) is 0 Å². The maximum Gasteiger partial charge on any atom is 0.320 e. The summed E-state index contributed by atoms with van der Waals surface area (Å²) in [5.41, 5.74) is 0.524. The molecule has 11 heteroatoms. The molecule has 4 saturated carbocycles. The lowest BCUT2D eigenvalue weighted by Gasteiger charge is -2.57. The Morgan fingerprint density at radius 2 is 1.51 bits per heavy atom. The molecule has 2 unspecified atom stereocenters. The third kappa shape index (κ3) is 6.56. The number of piperidine rings is 2. The summed E-state index contributed by atoms with van der Waals surface area (Å²) >= 11 is -2.18. The van der Waals surface area contributed by atoms with Crippen LogP contribution in [0.15, 0.2) is 30.5 Å². The van der Waals surface area contributed by atoms with Crippen molar-refractivity contribution in [2.75, 3.05) is 39.3 Å². The molecule has 47 heavy (non-hydrogen) atoms. The fraction of sp³-hybridized carbons (Fsp3) is 0.722. The van der Waals surface area contributed by atoms with Gasteiger partial charge in [-0.3, -0.25) is 9.35 Å². The second-order valence-corrected chi connectivity index (χ2v) is 16.6. The Kier molecular flexibility index (Phi) is 9.34. The fourth-order valence-electron chi connectivity index (χ4n) is 10.4. The van der Waals surface area contributed by atoms with E-state index in [0.717, 1.165) is 88.9 Å². The van der Waals surface area contributed by atoms with E-state index in [-0.39, 0.29) is 30.6 Å². The lowest BCUT2D eigenvalue weighted by Crippen LogP contribution is -2.56. The van der Waals surface area contributed by atoms with Crippen LogP contribution >= 0.6 is 0 Å². The van der Waals surface area contributed by atoms with E-state index in [4.69, 9.17) is 4.74 Å². The molecule has 3 heterocycles. The number of nitrogens with zero attached hydrogens (tertiary/aromatic N) is 4. The predicted molar refractivity (Wildman–Crippen MR) is 181 cm³/mol. The molecule has 1 aromatic carbocycles. The number of aliphatic hydroxyl groups is 1. The Balaban J connectivity index is 0.876. The van der Waals surface area contributed by atoms with E-state index in [9.17, 15) is 23.5 Å². The monoisotopic (exact) mass is 668 g/mol. The summed E-state index contributed by atoms with van der Waals surface area (Å²) in [5, 5.41) is 11.6. The van der Waals surface area contributed by atoms with E-state index in [0.29, 0.717) is 34.4 Å². The highest BCUT2D eigenvalue weighted by atomic mass is 32.2. The highest BCUT2D eigenvalue weighted by Gasteiger charge is 2.55. The van der Waals surface area contributed by atoms with Crippen LogP contribution < -0.4 is 4.74 Å². The van der Waals surface area contributed by atoms with Gasteiger partial charge in [-0.15, -0.1) is 0 Å². The van der Waals surface area contributed by atoms with Crippen molar-refractivity contribution in [1.29, 1.82) is 0 Å². The number of ether oxygens (including phenoxy) is 1. The predicted octanol–water partition coefficient (Wildman–Crippen LogP) is 5.36. The first-order chi connectivity index (χ1) is 22.6. The molecule has 2 saturated heterocycles. The van der Waals surface area contributed by atoms with Gasteiger partial charge in [0.1, 0.15) is 18.5 Å². The largest absolute Gasteiger partial charge is 0.490 e. The van der Waals surface area contributed by atoms with Crippen LogP contribution in [0.4, 0.5) is 4.79 Å². The second-order valence-electron chi connectivity index (χ2n) is 15.7. The number of hydrogen-bond donors (Lipinski definition) is 2. The molecule has 8 rings (SSSR count). The van der Waals surface area contributed by atoms with Crippen molar-refractivity contribution in [2.45, 2.75) is 90.2 Å². The van der Waals surface area contributed by atoms with Crippen LogP contribution in [0.5, 0.6) is 5.75 Å². The number of carbonyl (C=O) groups excluding carboxylic acids is 2. The first-order valence-electron chi connectivity index (χ1n) is 18.0. The molecule has 4 bridgehead atoms. The number of carbonyl (C=O) groups is 2. The number of aliphatic hydroxyl groups excluding tert-OH is 1.